The number of likely N-dealkylation sites (N-methyl/N-ethyl adjacent to an activating group) is 1. The molecule has 0 saturated heterocycles. The van der Waals surface area contributed by atoms with Crippen LogP contribution >= 0.6 is 23.2 Å². The van der Waals surface area contributed by atoms with E-state index in [1.54, 1.807) is 35.5 Å². The highest BCUT2D eigenvalue weighted by Gasteiger charge is 2.22. The summed E-state index contributed by atoms with van der Waals surface area (Å²) in [5.41, 5.74) is 1.63. The van der Waals surface area contributed by atoms with E-state index in [1.807, 2.05) is 38.1 Å². The largest absolute Gasteiger partial charge is 0.322 e. The molecule has 2 aromatic rings. The van der Waals surface area contributed by atoms with Crippen LogP contribution in [0.25, 0.3) is 0 Å². The molecule has 1 aromatic carbocycles. The van der Waals surface area contributed by atoms with Crippen LogP contribution in [-0.2, 0) is 0 Å². The highest BCUT2D eigenvalue weighted by Crippen LogP contribution is 2.26. The maximum absolute atomic E-state index is 12.8. The monoisotopic (exact) mass is 380 g/mol. The van der Waals surface area contributed by atoms with Crippen LogP contribution in [0.5, 0.6) is 0 Å². The molecule has 2 rings (SSSR count). The van der Waals surface area contributed by atoms with Gasteiger partial charge in [0.05, 0.1) is 16.1 Å². The van der Waals surface area contributed by atoms with Gasteiger partial charge in [0, 0.05) is 31.2 Å². The second-order valence-corrected chi connectivity index (χ2v) is 6.83. The Bertz CT molecular complexity index is 709. The summed E-state index contributed by atoms with van der Waals surface area (Å²) in [6.07, 6.45) is 3.46. The van der Waals surface area contributed by atoms with Crippen LogP contribution in [0.15, 0.2) is 42.7 Å². The van der Waals surface area contributed by atoms with Crippen molar-refractivity contribution in [3.63, 3.8) is 0 Å². The minimum absolute atomic E-state index is 0.0919. The van der Waals surface area contributed by atoms with Gasteiger partial charge in [-0.1, -0.05) is 23.2 Å². The molecule has 0 aliphatic rings. The molecule has 0 bridgehead atoms. The lowest BCUT2D eigenvalue weighted by molar-refractivity contribution is 0.185. The number of pyridine rings is 1. The molecule has 0 unspecified atom stereocenters. The molecule has 7 heteroatoms. The van der Waals surface area contributed by atoms with E-state index < -0.39 is 0 Å². The van der Waals surface area contributed by atoms with Crippen molar-refractivity contribution in [3.8, 4) is 0 Å². The molecule has 25 heavy (non-hydrogen) atoms. The van der Waals surface area contributed by atoms with Gasteiger partial charge >= 0.3 is 6.03 Å². The third-order valence-electron chi connectivity index (χ3n) is 3.88. The maximum Gasteiger partial charge on any atom is 0.322 e. The van der Waals surface area contributed by atoms with E-state index in [9.17, 15) is 4.79 Å². The van der Waals surface area contributed by atoms with Gasteiger partial charge in [-0.05, 0) is 56.9 Å². The first kappa shape index (κ1) is 19.5. The molecule has 2 amide bonds. The summed E-state index contributed by atoms with van der Waals surface area (Å²) in [5, 5.41) is 3.75. The predicted molar refractivity (Wildman–Crippen MR) is 103 cm³/mol. The third-order valence-corrected chi connectivity index (χ3v) is 4.61. The van der Waals surface area contributed by atoms with Crippen molar-refractivity contribution in [2.45, 2.75) is 13.0 Å². The van der Waals surface area contributed by atoms with Gasteiger partial charge in [0.15, 0.2) is 0 Å². The summed E-state index contributed by atoms with van der Waals surface area (Å²) in [7, 11) is 3.96. The van der Waals surface area contributed by atoms with Gasteiger partial charge in [-0.2, -0.15) is 0 Å². The van der Waals surface area contributed by atoms with Crippen molar-refractivity contribution in [1.82, 2.24) is 14.8 Å². The summed E-state index contributed by atoms with van der Waals surface area (Å²) in [5.74, 6) is 0. The molecular formula is C18H22Cl2N4O. The van der Waals surface area contributed by atoms with Crippen molar-refractivity contribution in [2.24, 2.45) is 0 Å². The van der Waals surface area contributed by atoms with Gasteiger partial charge in [-0.15, -0.1) is 0 Å². The molecule has 0 spiro atoms. The number of benzene rings is 1. The Labute approximate surface area is 158 Å². The highest BCUT2D eigenvalue weighted by atomic mass is 35.5. The van der Waals surface area contributed by atoms with Crippen LogP contribution in [0.1, 0.15) is 18.5 Å². The number of carbonyl (C=O) groups is 1. The molecule has 1 atom stereocenters. The SMILES string of the molecule is C[C@H](c1ccncc1)N(CCN(C)C)C(=O)Nc1ccc(Cl)c(Cl)c1. The smallest absolute Gasteiger partial charge is 0.316 e. The van der Waals surface area contributed by atoms with E-state index >= 15 is 0 Å². The van der Waals surface area contributed by atoms with Crippen molar-refractivity contribution < 1.29 is 4.79 Å². The summed E-state index contributed by atoms with van der Waals surface area (Å²) in [6.45, 7) is 3.34. The second kappa shape index (κ2) is 9.04. The van der Waals surface area contributed by atoms with E-state index in [0.717, 1.165) is 12.1 Å². The molecule has 0 radical (unpaired) electrons. The minimum Gasteiger partial charge on any atom is -0.316 e. The van der Waals surface area contributed by atoms with Gasteiger partial charge in [-0.25, -0.2) is 4.79 Å². The fourth-order valence-corrected chi connectivity index (χ4v) is 2.67. The normalized spacial score (nSPS) is 12.1. The first-order valence-electron chi connectivity index (χ1n) is 7.96. The van der Waals surface area contributed by atoms with Crippen molar-refractivity contribution in [2.75, 3.05) is 32.5 Å². The number of rotatable bonds is 6. The van der Waals surface area contributed by atoms with Gasteiger partial charge in [-0.3, -0.25) is 4.98 Å². The second-order valence-electron chi connectivity index (χ2n) is 6.01. The lowest BCUT2D eigenvalue weighted by Gasteiger charge is -2.30. The van der Waals surface area contributed by atoms with Crippen LogP contribution < -0.4 is 5.32 Å². The standard InChI is InChI=1S/C18H22Cl2N4O/c1-13(14-6-8-21-9-7-14)24(11-10-23(2)3)18(25)22-15-4-5-16(19)17(20)12-15/h4-9,12-13H,10-11H2,1-3H3,(H,22,25)/t13-/m1/s1. The van der Waals surface area contributed by atoms with E-state index in [0.29, 0.717) is 22.3 Å². The number of halogens is 2. The van der Waals surface area contributed by atoms with Gasteiger partial charge in [0.25, 0.3) is 0 Å². The van der Waals surface area contributed by atoms with Gasteiger partial charge in [0.2, 0.25) is 0 Å². The van der Waals surface area contributed by atoms with E-state index in [2.05, 4.69) is 10.3 Å². The molecule has 1 aromatic heterocycles. The molecule has 0 saturated carbocycles. The molecule has 5 nitrogen and oxygen atoms in total. The Morgan fingerprint density at radius 3 is 2.40 bits per heavy atom. The molecular weight excluding hydrogens is 359 g/mol. The van der Waals surface area contributed by atoms with Crippen molar-refractivity contribution >= 4 is 34.9 Å². The zero-order chi connectivity index (χ0) is 18.4. The quantitative estimate of drug-likeness (QED) is 0.799. The average Bonchev–Trinajstić information content (AvgIpc) is 2.58. The summed E-state index contributed by atoms with van der Waals surface area (Å²) in [6, 6.07) is 8.58. The molecule has 0 fully saturated rings. The lowest BCUT2D eigenvalue weighted by atomic mass is 10.1. The average molecular weight is 381 g/mol. The first-order valence-corrected chi connectivity index (χ1v) is 8.71. The number of carbonyl (C=O) groups excluding carboxylic acids is 1. The lowest BCUT2D eigenvalue weighted by Crippen LogP contribution is -2.41. The van der Waals surface area contributed by atoms with E-state index in [4.69, 9.17) is 23.2 Å². The zero-order valence-electron chi connectivity index (χ0n) is 14.5. The zero-order valence-corrected chi connectivity index (χ0v) is 16.1. The van der Waals surface area contributed by atoms with Crippen LogP contribution in [0.4, 0.5) is 10.5 Å². The van der Waals surface area contributed by atoms with E-state index in [-0.39, 0.29) is 12.1 Å². The Kier molecular flexibility index (Phi) is 7.05. The van der Waals surface area contributed by atoms with Crippen LogP contribution in [0, 0.1) is 0 Å². The summed E-state index contributed by atoms with van der Waals surface area (Å²) < 4.78 is 0. The van der Waals surface area contributed by atoms with Crippen LogP contribution in [0.2, 0.25) is 10.0 Å². The Balaban J connectivity index is 2.18. The van der Waals surface area contributed by atoms with Crippen molar-refractivity contribution in [3.05, 3.63) is 58.3 Å². The van der Waals surface area contributed by atoms with Crippen LogP contribution in [-0.4, -0.2) is 48.0 Å². The molecule has 0 aliphatic heterocycles. The summed E-state index contributed by atoms with van der Waals surface area (Å²) in [4.78, 5) is 20.7. The maximum atomic E-state index is 12.8. The topological polar surface area (TPSA) is 48.5 Å². The molecule has 134 valence electrons. The summed E-state index contributed by atoms with van der Waals surface area (Å²) >= 11 is 12.0. The molecule has 1 heterocycles. The van der Waals surface area contributed by atoms with Crippen molar-refractivity contribution in [1.29, 1.82) is 0 Å². The Hall–Kier alpha value is -1.82. The predicted octanol–water partition coefficient (Wildman–Crippen LogP) is 4.55. The van der Waals surface area contributed by atoms with Gasteiger partial charge < -0.3 is 15.1 Å². The Morgan fingerprint density at radius 2 is 1.80 bits per heavy atom. The van der Waals surface area contributed by atoms with E-state index in [1.165, 1.54) is 0 Å². The van der Waals surface area contributed by atoms with Gasteiger partial charge in [0.1, 0.15) is 0 Å². The third kappa shape index (κ3) is 5.59. The minimum atomic E-state index is -0.190. The number of aromatic nitrogens is 1. The Morgan fingerprint density at radius 1 is 1.12 bits per heavy atom. The number of hydrogen-bond donors (Lipinski definition) is 1. The molecule has 0 aliphatic carbocycles. The fourth-order valence-electron chi connectivity index (χ4n) is 2.37. The highest BCUT2D eigenvalue weighted by molar-refractivity contribution is 6.42. The fraction of sp³-hybridized carbons (Fsp3) is 0.333. The molecule has 1 N–H and O–H groups in total. The number of nitrogens with one attached hydrogen (secondary N) is 1. The number of anilines is 1. The first-order chi connectivity index (χ1) is 11.9. The number of amides is 2. The number of urea groups is 1. The number of hydrogen-bond acceptors (Lipinski definition) is 3. The van der Waals surface area contributed by atoms with Crippen LogP contribution in [0.3, 0.4) is 0 Å². The number of nitrogens with zero attached hydrogens (tertiary/aromatic N) is 3.